The molecule has 0 radical (unpaired) electrons. The first-order chi connectivity index (χ1) is 6.93. The molecule has 0 saturated carbocycles. The standard InChI is InChI=1S/C13H22N2/c1-5-15(13(2,3)4)10-11-7-6-8-12(14)9-11/h6-9H,5,10,14H2,1-4H3. The van der Waals surface area contributed by atoms with Crippen LogP contribution in [0.4, 0.5) is 5.69 Å². The van der Waals surface area contributed by atoms with E-state index in [0.717, 1.165) is 18.8 Å². The highest BCUT2D eigenvalue weighted by Gasteiger charge is 2.19. The van der Waals surface area contributed by atoms with Gasteiger partial charge in [-0.3, -0.25) is 4.90 Å². The van der Waals surface area contributed by atoms with Crippen LogP contribution in [0.5, 0.6) is 0 Å². The normalized spacial score (nSPS) is 12.1. The fourth-order valence-corrected chi connectivity index (χ4v) is 1.74. The van der Waals surface area contributed by atoms with Crippen LogP contribution in [0, 0.1) is 0 Å². The highest BCUT2D eigenvalue weighted by atomic mass is 15.2. The maximum Gasteiger partial charge on any atom is 0.0317 e. The third kappa shape index (κ3) is 3.56. The molecule has 0 bridgehead atoms. The van der Waals surface area contributed by atoms with Gasteiger partial charge in [0.1, 0.15) is 0 Å². The lowest BCUT2D eigenvalue weighted by Crippen LogP contribution is -2.40. The fourth-order valence-electron chi connectivity index (χ4n) is 1.74. The molecule has 0 aliphatic heterocycles. The van der Waals surface area contributed by atoms with Crippen molar-refractivity contribution in [1.29, 1.82) is 0 Å². The minimum Gasteiger partial charge on any atom is -0.399 e. The van der Waals surface area contributed by atoms with E-state index in [0.29, 0.717) is 0 Å². The highest BCUT2D eigenvalue weighted by Crippen LogP contribution is 2.17. The van der Waals surface area contributed by atoms with Crippen molar-refractivity contribution >= 4 is 5.69 Å². The lowest BCUT2D eigenvalue weighted by molar-refractivity contribution is 0.136. The number of nitrogens with zero attached hydrogens (tertiary/aromatic N) is 1. The van der Waals surface area contributed by atoms with Crippen LogP contribution >= 0.6 is 0 Å². The second-order valence-corrected chi connectivity index (χ2v) is 4.93. The van der Waals surface area contributed by atoms with Crippen molar-refractivity contribution in [3.8, 4) is 0 Å². The molecule has 2 heteroatoms. The second-order valence-electron chi connectivity index (χ2n) is 4.93. The van der Waals surface area contributed by atoms with Gasteiger partial charge in [0.05, 0.1) is 0 Å². The summed E-state index contributed by atoms with van der Waals surface area (Å²) in [5.74, 6) is 0. The van der Waals surface area contributed by atoms with Gasteiger partial charge in [0, 0.05) is 17.8 Å². The number of rotatable bonds is 3. The smallest absolute Gasteiger partial charge is 0.0317 e. The van der Waals surface area contributed by atoms with E-state index in [-0.39, 0.29) is 5.54 Å². The van der Waals surface area contributed by atoms with Crippen molar-refractivity contribution in [2.75, 3.05) is 12.3 Å². The van der Waals surface area contributed by atoms with Crippen molar-refractivity contribution in [1.82, 2.24) is 4.90 Å². The van der Waals surface area contributed by atoms with Gasteiger partial charge in [-0.25, -0.2) is 0 Å². The molecular weight excluding hydrogens is 184 g/mol. The first kappa shape index (κ1) is 12.1. The van der Waals surface area contributed by atoms with Crippen molar-refractivity contribution in [2.45, 2.75) is 39.8 Å². The average molecular weight is 206 g/mol. The van der Waals surface area contributed by atoms with Gasteiger partial charge in [-0.05, 0) is 45.0 Å². The Morgan fingerprint density at radius 3 is 2.40 bits per heavy atom. The topological polar surface area (TPSA) is 29.3 Å². The third-order valence-electron chi connectivity index (χ3n) is 2.65. The summed E-state index contributed by atoms with van der Waals surface area (Å²) in [4.78, 5) is 2.43. The van der Waals surface area contributed by atoms with Crippen molar-refractivity contribution in [2.24, 2.45) is 0 Å². The first-order valence-electron chi connectivity index (χ1n) is 5.53. The van der Waals surface area contributed by atoms with E-state index < -0.39 is 0 Å². The Morgan fingerprint density at radius 1 is 1.27 bits per heavy atom. The van der Waals surface area contributed by atoms with Crippen LogP contribution in [0.3, 0.4) is 0 Å². The van der Waals surface area contributed by atoms with Crippen LogP contribution in [0.2, 0.25) is 0 Å². The molecule has 0 heterocycles. The molecule has 0 spiro atoms. The minimum atomic E-state index is 0.208. The van der Waals surface area contributed by atoms with Gasteiger partial charge < -0.3 is 5.73 Å². The van der Waals surface area contributed by atoms with Gasteiger partial charge in [-0.15, -0.1) is 0 Å². The van der Waals surface area contributed by atoms with Crippen LogP contribution in [0.15, 0.2) is 24.3 Å². The summed E-state index contributed by atoms with van der Waals surface area (Å²) < 4.78 is 0. The molecule has 0 aliphatic carbocycles. The van der Waals surface area contributed by atoms with E-state index in [9.17, 15) is 0 Å². The quantitative estimate of drug-likeness (QED) is 0.770. The zero-order valence-corrected chi connectivity index (χ0v) is 10.2. The third-order valence-corrected chi connectivity index (χ3v) is 2.65. The van der Waals surface area contributed by atoms with Crippen molar-refractivity contribution < 1.29 is 0 Å². The van der Waals surface area contributed by atoms with Crippen LogP contribution in [0.25, 0.3) is 0 Å². The zero-order chi connectivity index (χ0) is 11.5. The van der Waals surface area contributed by atoms with Gasteiger partial charge in [0.25, 0.3) is 0 Å². The summed E-state index contributed by atoms with van der Waals surface area (Å²) in [5, 5.41) is 0. The second kappa shape index (κ2) is 4.67. The molecule has 1 aromatic carbocycles. The Balaban J connectivity index is 2.76. The fraction of sp³-hybridized carbons (Fsp3) is 0.538. The number of hydrogen-bond acceptors (Lipinski definition) is 2. The number of nitrogen functional groups attached to an aromatic ring is 1. The lowest BCUT2D eigenvalue weighted by atomic mass is 10.0. The molecule has 1 aromatic rings. The van der Waals surface area contributed by atoms with Crippen LogP contribution in [-0.2, 0) is 6.54 Å². The predicted molar refractivity (Wildman–Crippen MR) is 66.7 cm³/mol. The molecule has 15 heavy (non-hydrogen) atoms. The van der Waals surface area contributed by atoms with Gasteiger partial charge >= 0.3 is 0 Å². The van der Waals surface area contributed by atoms with E-state index >= 15 is 0 Å². The minimum absolute atomic E-state index is 0.208. The summed E-state index contributed by atoms with van der Waals surface area (Å²) in [7, 11) is 0. The maximum absolute atomic E-state index is 5.77. The SMILES string of the molecule is CCN(Cc1cccc(N)c1)C(C)(C)C. The summed E-state index contributed by atoms with van der Waals surface area (Å²) in [6.07, 6.45) is 0. The summed E-state index contributed by atoms with van der Waals surface area (Å²) in [5.41, 5.74) is 8.10. The lowest BCUT2D eigenvalue weighted by Gasteiger charge is -2.34. The van der Waals surface area contributed by atoms with Gasteiger partial charge in [0.2, 0.25) is 0 Å². The molecule has 1 rings (SSSR count). The Hall–Kier alpha value is -1.02. The van der Waals surface area contributed by atoms with Gasteiger partial charge in [0.15, 0.2) is 0 Å². The Kier molecular flexibility index (Phi) is 3.75. The molecular formula is C13H22N2. The Labute approximate surface area is 93.1 Å². The van der Waals surface area contributed by atoms with E-state index in [1.165, 1.54) is 5.56 Å². The van der Waals surface area contributed by atoms with E-state index in [2.05, 4.69) is 44.7 Å². The first-order valence-corrected chi connectivity index (χ1v) is 5.53. The number of benzene rings is 1. The molecule has 0 unspecified atom stereocenters. The van der Waals surface area contributed by atoms with Crippen LogP contribution < -0.4 is 5.73 Å². The molecule has 0 amide bonds. The molecule has 0 saturated heterocycles. The molecule has 0 aliphatic rings. The van der Waals surface area contributed by atoms with Crippen LogP contribution in [-0.4, -0.2) is 17.0 Å². The summed E-state index contributed by atoms with van der Waals surface area (Å²) in [6.45, 7) is 10.9. The Morgan fingerprint density at radius 2 is 1.93 bits per heavy atom. The summed E-state index contributed by atoms with van der Waals surface area (Å²) in [6, 6.07) is 8.12. The number of anilines is 1. The molecule has 84 valence electrons. The number of hydrogen-bond donors (Lipinski definition) is 1. The van der Waals surface area contributed by atoms with E-state index in [4.69, 9.17) is 5.73 Å². The van der Waals surface area contributed by atoms with Crippen molar-refractivity contribution in [3.05, 3.63) is 29.8 Å². The maximum atomic E-state index is 5.77. The average Bonchev–Trinajstić information content (AvgIpc) is 2.12. The monoisotopic (exact) mass is 206 g/mol. The van der Waals surface area contributed by atoms with E-state index in [1.807, 2.05) is 12.1 Å². The highest BCUT2D eigenvalue weighted by molar-refractivity contribution is 5.40. The molecule has 0 aromatic heterocycles. The molecule has 2 nitrogen and oxygen atoms in total. The zero-order valence-electron chi connectivity index (χ0n) is 10.2. The number of nitrogens with two attached hydrogens (primary N) is 1. The van der Waals surface area contributed by atoms with E-state index in [1.54, 1.807) is 0 Å². The largest absolute Gasteiger partial charge is 0.399 e. The van der Waals surface area contributed by atoms with Crippen molar-refractivity contribution in [3.63, 3.8) is 0 Å². The van der Waals surface area contributed by atoms with Gasteiger partial charge in [-0.2, -0.15) is 0 Å². The van der Waals surface area contributed by atoms with Crippen LogP contribution in [0.1, 0.15) is 33.3 Å². The molecule has 2 N–H and O–H groups in total. The van der Waals surface area contributed by atoms with Gasteiger partial charge in [-0.1, -0.05) is 19.1 Å². The Bertz CT molecular complexity index is 313. The predicted octanol–water partition coefficient (Wildman–Crippen LogP) is 2.89. The summed E-state index contributed by atoms with van der Waals surface area (Å²) >= 11 is 0. The molecule has 0 fully saturated rings. The molecule has 0 atom stereocenters.